The lowest BCUT2D eigenvalue weighted by molar-refractivity contribution is 0.587. The summed E-state index contributed by atoms with van der Waals surface area (Å²) in [7, 11) is 0. The molecule has 4 nitrogen and oxygen atoms in total. The molecule has 0 amide bonds. The monoisotopic (exact) mass is 258 g/mol. The third-order valence-electron chi connectivity index (χ3n) is 2.51. The Morgan fingerprint density at radius 2 is 2.21 bits per heavy atom. The second-order valence-corrected chi connectivity index (χ2v) is 4.12. The molecule has 1 fully saturated rings. The highest BCUT2D eigenvalue weighted by molar-refractivity contribution is 9.10. The van der Waals surface area contributed by atoms with Gasteiger partial charge in [-0.05, 0) is 22.9 Å². The first-order chi connectivity index (χ1) is 6.83. The van der Waals surface area contributed by atoms with Crippen LogP contribution in [-0.2, 0) is 6.54 Å². The summed E-state index contributed by atoms with van der Waals surface area (Å²) in [6, 6.07) is 0. The average Bonchev–Trinajstić information content (AvgIpc) is 2.61. The number of hydrogen-bond acceptors (Lipinski definition) is 3. The number of halogens is 1. The van der Waals surface area contributed by atoms with Gasteiger partial charge in [-0.2, -0.15) is 5.10 Å². The Bertz CT molecular complexity index is 304. The molecule has 5 heteroatoms. The molecule has 0 aromatic carbocycles. The average molecular weight is 259 g/mol. The van der Waals surface area contributed by atoms with Crippen molar-refractivity contribution in [1.29, 1.82) is 0 Å². The summed E-state index contributed by atoms with van der Waals surface area (Å²) in [6.07, 6.45) is 1.94. The quantitative estimate of drug-likeness (QED) is 0.862. The molecular formula is C9H15BrN4. The minimum atomic E-state index is 0.909. The Hall–Kier alpha value is -0.550. The van der Waals surface area contributed by atoms with Crippen LogP contribution in [0, 0.1) is 0 Å². The molecule has 1 aliphatic rings. The van der Waals surface area contributed by atoms with Crippen molar-refractivity contribution in [2.24, 2.45) is 0 Å². The molecule has 2 heterocycles. The summed E-state index contributed by atoms with van der Waals surface area (Å²) in [5.41, 5.74) is 1.22. The van der Waals surface area contributed by atoms with Crippen LogP contribution >= 0.6 is 15.9 Å². The fourth-order valence-corrected chi connectivity index (χ4v) is 2.39. The zero-order chi connectivity index (χ0) is 9.97. The number of anilines is 1. The van der Waals surface area contributed by atoms with Gasteiger partial charge in [0.25, 0.3) is 0 Å². The smallest absolute Gasteiger partial charge is 0.127 e. The van der Waals surface area contributed by atoms with E-state index in [0.717, 1.165) is 37.3 Å². The van der Waals surface area contributed by atoms with Crippen LogP contribution in [0.5, 0.6) is 0 Å². The Labute approximate surface area is 92.4 Å². The van der Waals surface area contributed by atoms with E-state index in [4.69, 9.17) is 0 Å². The molecule has 0 radical (unpaired) electrons. The number of nitrogens with one attached hydrogen (secondary N) is 1. The SMILES string of the molecule is CCn1ncc(N2CCNCC2)c1Br. The Morgan fingerprint density at radius 3 is 2.79 bits per heavy atom. The van der Waals surface area contributed by atoms with Gasteiger partial charge in [0.1, 0.15) is 4.60 Å². The molecule has 0 bridgehead atoms. The Balaban J connectivity index is 2.18. The molecule has 0 spiro atoms. The highest BCUT2D eigenvalue weighted by Gasteiger charge is 2.16. The summed E-state index contributed by atoms with van der Waals surface area (Å²) in [6.45, 7) is 7.25. The third-order valence-corrected chi connectivity index (χ3v) is 3.33. The van der Waals surface area contributed by atoms with Crippen molar-refractivity contribution in [2.45, 2.75) is 13.5 Å². The number of aromatic nitrogens is 2. The van der Waals surface area contributed by atoms with E-state index < -0.39 is 0 Å². The number of nitrogens with zero attached hydrogens (tertiary/aromatic N) is 3. The minimum absolute atomic E-state index is 0.909. The molecule has 1 saturated heterocycles. The van der Waals surface area contributed by atoms with Crippen molar-refractivity contribution in [2.75, 3.05) is 31.1 Å². The van der Waals surface area contributed by atoms with Crippen LogP contribution in [0.1, 0.15) is 6.92 Å². The summed E-state index contributed by atoms with van der Waals surface area (Å²) in [5.74, 6) is 0. The van der Waals surface area contributed by atoms with Gasteiger partial charge in [-0.25, -0.2) is 0 Å². The maximum absolute atomic E-state index is 4.32. The van der Waals surface area contributed by atoms with Gasteiger partial charge in [-0.3, -0.25) is 4.68 Å². The summed E-state index contributed by atoms with van der Waals surface area (Å²) in [5, 5.41) is 7.66. The van der Waals surface area contributed by atoms with Gasteiger partial charge in [0.05, 0.1) is 11.9 Å². The number of hydrogen-bond donors (Lipinski definition) is 1. The second kappa shape index (κ2) is 4.31. The molecule has 1 aromatic rings. The van der Waals surface area contributed by atoms with Gasteiger partial charge >= 0.3 is 0 Å². The fraction of sp³-hybridized carbons (Fsp3) is 0.667. The van der Waals surface area contributed by atoms with E-state index in [-0.39, 0.29) is 0 Å². The minimum Gasteiger partial charge on any atom is -0.366 e. The molecule has 2 rings (SSSR count). The van der Waals surface area contributed by atoms with Crippen molar-refractivity contribution in [1.82, 2.24) is 15.1 Å². The normalized spacial score (nSPS) is 17.4. The zero-order valence-corrected chi connectivity index (χ0v) is 9.92. The molecule has 0 unspecified atom stereocenters. The van der Waals surface area contributed by atoms with Crippen LogP contribution in [-0.4, -0.2) is 36.0 Å². The Kier molecular flexibility index (Phi) is 3.08. The van der Waals surface area contributed by atoms with Crippen LogP contribution < -0.4 is 10.2 Å². The van der Waals surface area contributed by atoms with Gasteiger partial charge in [0, 0.05) is 32.7 Å². The van der Waals surface area contributed by atoms with E-state index >= 15 is 0 Å². The highest BCUT2D eigenvalue weighted by atomic mass is 79.9. The van der Waals surface area contributed by atoms with Crippen molar-refractivity contribution in [3.05, 3.63) is 10.8 Å². The molecule has 1 N–H and O–H groups in total. The molecule has 14 heavy (non-hydrogen) atoms. The van der Waals surface area contributed by atoms with E-state index in [0.29, 0.717) is 0 Å². The topological polar surface area (TPSA) is 33.1 Å². The van der Waals surface area contributed by atoms with Gasteiger partial charge in [0.15, 0.2) is 0 Å². The van der Waals surface area contributed by atoms with Crippen LogP contribution in [0.4, 0.5) is 5.69 Å². The summed E-state index contributed by atoms with van der Waals surface area (Å²) >= 11 is 3.59. The van der Waals surface area contributed by atoms with Crippen LogP contribution in [0.15, 0.2) is 10.8 Å². The zero-order valence-electron chi connectivity index (χ0n) is 8.33. The van der Waals surface area contributed by atoms with E-state index in [9.17, 15) is 0 Å². The third kappa shape index (κ3) is 1.79. The summed E-state index contributed by atoms with van der Waals surface area (Å²) < 4.78 is 3.07. The van der Waals surface area contributed by atoms with Crippen molar-refractivity contribution < 1.29 is 0 Å². The molecule has 0 aliphatic carbocycles. The first-order valence-electron chi connectivity index (χ1n) is 5.00. The Morgan fingerprint density at radius 1 is 1.50 bits per heavy atom. The fourth-order valence-electron chi connectivity index (χ4n) is 1.70. The lowest BCUT2D eigenvalue weighted by Crippen LogP contribution is -2.43. The lowest BCUT2D eigenvalue weighted by Gasteiger charge is -2.28. The molecule has 1 aromatic heterocycles. The number of piperazine rings is 1. The van der Waals surface area contributed by atoms with Gasteiger partial charge in [0.2, 0.25) is 0 Å². The highest BCUT2D eigenvalue weighted by Crippen LogP contribution is 2.25. The van der Waals surface area contributed by atoms with Gasteiger partial charge in [-0.15, -0.1) is 0 Å². The van der Waals surface area contributed by atoms with E-state index in [2.05, 4.69) is 38.2 Å². The lowest BCUT2D eigenvalue weighted by atomic mass is 10.3. The second-order valence-electron chi connectivity index (χ2n) is 3.37. The molecule has 0 saturated carbocycles. The van der Waals surface area contributed by atoms with Crippen LogP contribution in [0.2, 0.25) is 0 Å². The van der Waals surface area contributed by atoms with Gasteiger partial charge in [-0.1, -0.05) is 0 Å². The van der Waals surface area contributed by atoms with Crippen molar-refractivity contribution >= 4 is 21.6 Å². The summed E-state index contributed by atoms with van der Waals surface area (Å²) in [4.78, 5) is 2.36. The van der Waals surface area contributed by atoms with E-state index in [1.54, 1.807) is 0 Å². The maximum atomic E-state index is 4.32. The predicted molar refractivity (Wildman–Crippen MR) is 60.7 cm³/mol. The van der Waals surface area contributed by atoms with Crippen LogP contribution in [0.3, 0.4) is 0 Å². The predicted octanol–water partition coefficient (Wildman–Crippen LogP) is 1.08. The van der Waals surface area contributed by atoms with Crippen molar-refractivity contribution in [3.63, 3.8) is 0 Å². The van der Waals surface area contributed by atoms with E-state index in [1.165, 1.54) is 5.69 Å². The largest absolute Gasteiger partial charge is 0.366 e. The standard InChI is InChI=1S/C9H15BrN4/c1-2-14-9(10)8(7-12-14)13-5-3-11-4-6-13/h7,11H,2-6H2,1H3. The molecular weight excluding hydrogens is 244 g/mol. The molecule has 1 aliphatic heterocycles. The van der Waals surface area contributed by atoms with Crippen molar-refractivity contribution in [3.8, 4) is 0 Å². The number of aryl methyl sites for hydroxylation is 1. The van der Waals surface area contributed by atoms with Gasteiger partial charge < -0.3 is 10.2 Å². The van der Waals surface area contributed by atoms with Crippen LogP contribution in [0.25, 0.3) is 0 Å². The first kappa shape index (κ1) is 9.98. The first-order valence-corrected chi connectivity index (χ1v) is 5.79. The maximum Gasteiger partial charge on any atom is 0.127 e. The van der Waals surface area contributed by atoms with E-state index in [1.807, 2.05) is 10.9 Å². The number of rotatable bonds is 2. The molecule has 0 atom stereocenters. The molecule has 78 valence electrons.